The van der Waals surface area contributed by atoms with E-state index >= 15 is 0 Å². The van der Waals surface area contributed by atoms with Crippen molar-refractivity contribution in [3.05, 3.63) is 35.9 Å². The van der Waals surface area contributed by atoms with Gasteiger partial charge in [-0.3, -0.25) is 9.59 Å². The average molecular weight is 375 g/mol. The standard InChI is InChI=1S/C21H29NO5/c1-5-26-18(24)21(14-10-9-13-16(21)23)17(15-11-7-6-8-12-15)22-19(25)27-20(2,3)4/h6-8,11-12,17H,5,9-10,13-14H2,1-4H3,(H,22,25)/t17-,21+/m1/s1. The molecule has 27 heavy (non-hydrogen) atoms. The highest BCUT2D eigenvalue weighted by Crippen LogP contribution is 2.45. The quantitative estimate of drug-likeness (QED) is 0.622. The molecule has 0 heterocycles. The van der Waals surface area contributed by atoms with Gasteiger partial charge in [-0.25, -0.2) is 4.79 Å². The zero-order valence-corrected chi connectivity index (χ0v) is 16.5. The second-order valence-electron chi connectivity index (χ2n) is 7.81. The topological polar surface area (TPSA) is 81.7 Å². The van der Waals surface area contributed by atoms with Crippen LogP contribution in [-0.4, -0.2) is 30.1 Å². The molecule has 1 aromatic rings. The number of carbonyl (C=O) groups excluding carboxylic acids is 3. The molecule has 6 heteroatoms. The molecule has 0 aromatic heterocycles. The summed E-state index contributed by atoms with van der Waals surface area (Å²) in [7, 11) is 0. The number of rotatable bonds is 5. The van der Waals surface area contributed by atoms with Gasteiger partial charge in [0.25, 0.3) is 0 Å². The van der Waals surface area contributed by atoms with E-state index in [1.807, 2.05) is 18.2 Å². The number of hydrogen-bond acceptors (Lipinski definition) is 5. The minimum absolute atomic E-state index is 0.168. The fraction of sp³-hybridized carbons (Fsp3) is 0.571. The lowest BCUT2D eigenvalue weighted by Gasteiger charge is -2.40. The van der Waals surface area contributed by atoms with Crippen molar-refractivity contribution in [2.45, 2.75) is 65.0 Å². The molecule has 1 fully saturated rings. The first-order chi connectivity index (χ1) is 12.7. The van der Waals surface area contributed by atoms with Gasteiger partial charge < -0.3 is 14.8 Å². The predicted octanol–water partition coefficient (Wildman–Crippen LogP) is 3.95. The first-order valence-electron chi connectivity index (χ1n) is 9.45. The van der Waals surface area contributed by atoms with Crippen LogP contribution in [0.1, 0.15) is 65.0 Å². The number of benzene rings is 1. The lowest BCUT2D eigenvalue weighted by molar-refractivity contribution is -0.164. The number of nitrogens with one attached hydrogen (secondary N) is 1. The zero-order valence-electron chi connectivity index (χ0n) is 16.5. The molecule has 0 radical (unpaired) electrons. The molecule has 1 saturated carbocycles. The summed E-state index contributed by atoms with van der Waals surface area (Å²) in [4.78, 5) is 38.5. The first-order valence-corrected chi connectivity index (χ1v) is 9.45. The van der Waals surface area contributed by atoms with Gasteiger partial charge >= 0.3 is 12.1 Å². The van der Waals surface area contributed by atoms with Gasteiger partial charge in [0.1, 0.15) is 5.60 Å². The van der Waals surface area contributed by atoms with Gasteiger partial charge in [0.15, 0.2) is 11.2 Å². The van der Waals surface area contributed by atoms with E-state index in [-0.39, 0.29) is 18.8 Å². The SMILES string of the molecule is CCOC(=O)[C@@]1([C@H](NC(=O)OC(C)(C)C)c2ccccc2)CCCCC1=O. The highest BCUT2D eigenvalue weighted by molar-refractivity contribution is 6.05. The fourth-order valence-electron chi connectivity index (χ4n) is 3.51. The van der Waals surface area contributed by atoms with Crippen LogP contribution in [-0.2, 0) is 19.1 Å². The Morgan fingerprint density at radius 3 is 2.41 bits per heavy atom. The highest BCUT2D eigenvalue weighted by atomic mass is 16.6. The molecule has 1 aliphatic carbocycles. The molecule has 2 rings (SSSR count). The van der Waals surface area contributed by atoms with Crippen molar-refractivity contribution in [2.75, 3.05) is 6.61 Å². The summed E-state index contributed by atoms with van der Waals surface area (Å²) in [6, 6.07) is 8.21. The summed E-state index contributed by atoms with van der Waals surface area (Å²) in [5.41, 5.74) is -1.46. The van der Waals surface area contributed by atoms with E-state index in [1.54, 1.807) is 39.8 Å². The van der Waals surface area contributed by atoms with Crippen molar-refractivity contribution >= 4 is 17.8 Å². The Morgan fingerprint density at radius 1 is 1.19 bits per heavy atom. The van der Waals surface area contributed by atoms with Crippen LogP contribution in [0.25, 0.3) is 0 Å². The van der Waals surface area contributed by atoms with E-state index in [0.29, 0.717) is 18.4 Å². The van der Waals surface area contributed by atoms with Gasteiger partial charge in [-0.2, -0.15) is 0 Å². The van der Waals surface area contributed by atoms with E-state index in [0.717, 1.165) is 6.42 Å². The number of alkyl carbamates (subject to hydrolysis) is 1. The Labute approximate surface area is 160 Å². The summed E-state index contributed by atoms with van der Waals surface area (Å²) < 4.78 is 10.7. The van der Waals surface area contributed by atoms with Crippen LogP contribution in [0.5, 0.6) is 0 Å². The number of ether oxygens (including phenoxy) is 2. The Balaban J connectivity index is 2.49. The molecule has 1 N–H and O–H groups in total. The Bertz CT molecular complexity index is 680. The van der Waals surface area contributed by atoms with Crippen LogP contribution in [0.15, 0.2) is 30.3 Å². The van der Waals surface area contributed by atoms with Crippen LogP contribution in [0.4, 0.5) is 4.79 Å². The molecule has 1 aromatic carbocycles. The minimum Gasteiger partial charge on any atom is -0.465 e. The maximum atomic E-state index is 13.0. The van der Waals surface area contributed by atoms with Gasteiger partial charge in [0, 0.05) is 6.42 Å². The summed E-state index contributed by atoms with van der Waals surface area (Å²) >= 11 is 0. The lowest BCUT2D eigenvalue weighted by Crippen LogP contribution is -2.53. The molecule has 0 aliphatic heterocycles. The molecule has 0 spiro atoms. The highest BCUT2D eigenvalue weighted by Gasteiger charge is 2.55. The van der Waals surface area contributed by atoms with Crippen LogP contribution in [0.3, 0.4) is 0 Å². The molecule has 1 amide bonds. The zero-order chi connectivity index (χ0) is 20.1. The van der Waals surface area contributed by atoms with Gasteiger partial charge in [0.2, 0.25) is 0 Å². The average Bonchev–Trinajstić information content (AvgIpc) is 2.60. The third-order valence-electron chi connectivity index (χ3n) is 4.65. The van der Waals surface area contributed by atoms with E-state index in [1.165, 1.54) is 0 Å². The van der Waals surface area contributed by atoms with E-state index in [2.05, 4.69) is 5.32 Å². The monoisotopic (exact) mass is 375 g/mol. The summed E-state index contributed by atoms with van der Waals surface area (Å²) in [5.74, 6) is -0.781. The minimum atomic E-state index is -1.44. The Morgan fingerprint density at radius 2 is 1.85 bits per heavy atom. The number of esters is 1. The van der Waals surface area contributed by atoms with Crippen molar-refractivity contribution in [1.29, 1.82) is 0 Å². The molecule has 0 saturated heterocycles. The Hall–Kier alpha value is -2.37. The first kappa shape index (κ1) is 20.9. The number of carbonyl (C=O) groups is 3. The fourth-order valence-corrected chi connectivity index (χ4v) is 3.51. The van der Waals surface area contributed by atoms with Gasteiger partial charge in [-0.05, 0) is 46.1 Å². The van der Waals surface area contributed by atoms with Crippen LogP contribution in [0, 0.1) is 5.41 Å². The van der Waals surface area contributed by atoms with Crippen LogP contribution in [0.2, 0.25) is 0 Å². The van der Waals surface area contributed by atoms with E-state index in [4.69, 9.17) is 9.47 Å². The molecule has 6 nitrogen and oxygen atoms in total. The van der Waals surface area contributed by atoms with Gasteiger partial charge in [-0.1, -0.05) is 36.8 Å². The van der Waals surface area contributed by atoms with Gasteiger partial charge in [-0.15, -0.1) is 0 Å². The summed E-state index contributed by atoms with van der Waals surface area (Å²) in [5, 5.41) is 2.79. The molecule has 2 atom stereocenters. The largest absolute Gasteiger partial charge is 0.465 e. The van der Waals surface area contributed by atoms with Crippen molar-refractivity contribution in [2.24, 2.45) is 5.41 Å². The molecule has 0 unspecified atom stereocenters. The number of ketones is 1. The van der Waals surface area contributed by atoms with E-state index < -0.39 is 29.1 Å². The van der Waals surface area contributed by atoms with Gasteiger partial charge in [0.05, 0.1) is 12.6 Å². The molecule has 0 bridgehead atoms. The molecule has 148 valence electrons. The molecular formula is C21H29NO5. The second kappa shape index (κ2) is 8.55. The second-order valence-corrected chi connectivity index (χ2v) is 7.81. The normalized spacial score (nSPS) is 21.3. The van der Waals surface area contributed by atoms with Crippen LogP contribution >= 0.6 is 0 Å². The Kier molecular flexibility index (Phi) is 6.63. The number of amides is 1. The van der Waals surface area contributed by atoms with E-state index in [9.17, 15) is 14.4 Å². The molecular weight excluding hydrogens is 346 g/mol. The maximum absolute atomic E-state index is 13.0. The maximum Gasteiger partial charge on any atom is 0.408 e. The number of hydrogen-bond donors (Lipinski definition) is 1. The van der Waals surface area contributed by atoms with Crippen molar-refractivity contribution in [1.82, 2.24) is 5.32 Å². The third-order valence-corrected chi connectivity index (χ3v) is 4.65. The summed E-state index contributed by atoms with van der Waals surface area (Å²) in [6.07, 6.45) is 1.40. The number of Topliss-reactive ketones (excluding diaryl/α,β-unsaturated/α-hetero) is 1. The smallest absolute Gasteiger partial charge is 0.408 e. The third kappa shape index (κ3) is 4.87. The predicted molar refractivity (Wildman–Crippen MR) is 101 cm³/mol. The van der Waals surface area contributed by atoms with Crippen molar-refractivity contribution < 1.29 is 23.9 Å². The van der Waals surface area contributed by atoms with Crippen molar-refractivity contribution in [3.8, 4) is 0 Å². The lowest BCUT2D eigenvalue weighted by atomic mass is 9.66. The van der Waals surface area contributed by atoms with Crippen LogP contribution < -0.4 is 5.32 Å². The molecule has 1 aliphatic rings. The summed E-state index contributed by atoms with van der Waals surface area (Å²) in [6.45, 7) is 7.16. The van der Waals surface area contributed by atoms with Crippen molar-refractivity contribution in [3.63, 3.8) is 0 Å².